The van der Waals surface area contributed by atoms with E-state index < -0.39 is 16.6 Å². The predicted octanol–water partition coefficient (Wildman–Crippen LogP) is 2.20. The Balaban J connectivity index is 1.99. The van der Waals surface area contributed by atoms with Crippen LogP contribution < -0.4 is 5.32 Å². The Labute approximate surface area is 125 Å². The maximum atomic E-state index is 12.6. The molecule has 0 aromatic carbocycles. The van der Waals surface area contributed by atoms with Crippen molar-refractivity contribution < 1.29 is 13.7 Å². The van der Waals surface area contributed by atoms with Crippen LogP contribution in [-0.2, 0) is 20.3 Å². The van der Waals surface area contributed by atoms with Gasteiger partial charge in [-0.2, -0.15) is 0 Å². The fourth-order valence-corrected chi connectivity index (χ4v) is 5.06. The fourth-order valence-electron chi connectivity index (χ4n) is 3.15. The number of nitrogens with one attached hydrogen (secondary N) is 1. The summed E-state index contributed by atoms with van der Waals surface area (Å²) in [6.45, 7) is 6.68. The molecule has 5 heteroatoms. The lowest BCUT2D eigenvalue weighted by atomic mass is 9.89. The third-order valence-corrected chi connectivity index (χ3v) is 6.17. The molecule has 118 valence electrons. The van der Waals surface area contributed by atoms with Crippen molar-refractivity contribution in [1.29, 1.82) is 0 Å². The van der Waals surface area contributed by atoms with E-state index in [9.17, 15) is 4.21 Å². The number of unbranched alkanes of at least 4 members (excludes halogenated alkanes) is 1. The first-order chi connectivity index (χ1) is 9.71. The molecule has 1 heterocycles. The van der Waals surface area contributed by atoms with Crippen LogP contribution >= 0.6 is 0 Å². The highest BCUT2D eigenvalue weighted by molar-refractivity contribution is 7.85. The smallest absolute Gasteiger partial charge is 0.169 e. The molecule has 3 atom stereocenters. The van der Waals surface area contributed by atoms with E-state index in [2.05, 4.69) is 19.2 Å². The van der Waals surface area contributed by atoms with Crippen LogP contribution in [0.15, 0.2) is 0 Å². The average molecular weight is 303 g/mol. The first-order valence-electron chi connectivity index (χ1n) is 8.09. The van der Waals surface area contributed by atoms with E-state index in [0.29, 0.717) is 19.3 Å². The molecule has 0 radical (unpaired) electrons. The summed E-state index contributed by atoms with van der Waals surface area (Å²) >= 11 is 0. The highest BCUT2D eigenvalue weighted by Gasteiger charge is 2.46. The van der Waals surface area contributed by atoms with E-state index in [1.54, 1.807) is 0 Å². The third kappa shape index (κ3) is 4.03. The molecule has 2 rings (SSSR count). The molecule has 1 aliphatic carbocycles. The Hall–Kier alpha value is 0.0300. The molecule has 3 unspecified atom stereocenters. The Kier molecular flexibility index (Phi) is 6.46. The summed E-state index contributed by atoms with van der Waals surface area (Å²) < 4.78 is 24.3. The normalized spacial score (nSPS) is 30.7. The van der Waals surface area contributed by atoms with Gasteiger partial charge in [0.05, 0.1) is 18.5 Å². The van der Waals surface area contributed by atoms with Crippen LogP contribution in [0.1, 0.15) is 52.4 Å². The minimum Gasteiger partial charge on any atom is -0.347 e. The van der Waals surface area contributed by atoms with Crippen molar-refractivity contribution >= 4 is 10.8 Å². The molecule has 1 aliphatic heterocycles. The quantitative estimate of drug-likeness (QED) is 0.783. The SMILES string of the molecule is CCCCS(=O)C1CC2(CCC1NCCC)OCCO2. The Morgan fingerprint density at radius 2 is 2.00 bits per heavy atom. The van der Waals surface area contributed by atoms with Gasteiger partial charge >= 0.3 is 0 Å². The molecule has 20 heavy (non-hydrogen) atoms. The van der Waals surface area contributed by atoms with Crippen LogP contribution in [-0.4, -0.2) is 46.8 Å². The van der Waals surface area contributed by atoms with E-state index in [4.69, 9.17) is 9.47 Å². The van der Waals surface area contributed by atoms with Gasteiger partial charge in [0, 0.05) is 35.4 Å². The summed E-state index contributed by atoms with van der Waals surface area (Å²) in [7, 11) is -0.784. The van der Waals surface area contributed by atoms with Gasteiger partial charge < -0.3 is 14.8 Å². The maximum absolute atomic E-state index is 12.6. The van der Waals surface area contributed by atoms with Gasteiger partial charge in [0.25, 0.3) is 0 Å². The molecule has 1 saturated carbocycles. The standard InChI is InChI=1S/C15H29NO3S/c1-3-5-11-20(17)14-12-15(18-9-10-19-15)7-6-13(14)16-8-4-2/h13-14,16H,3-12H2,1-2H3. The van der Waals surface area contributed by atoms with Crippen molar-refractivity contribution in [1.82, 2.24) is 5.32 Å². The summed E-state index contributed by atoms with van der Waals surface area (Å²) in [5.74, 6) is 0.373. The van der Waals surface area contributed by atoms with Crippen LogP contribution in [0.3, 0.4) is 0 Å². The predicted molar refractivity (Wildman–Crippen MR) is 82.3 cm³/mol. The van der Waals surface area contributed by atoms with E-state index in [-0.39, 0.29) is 5.25 Å². The summed E-state index contributed by atoms with van der Waals surface area (Å²) in [5.41, 5.74) is 0. The molecular weight excluding hydrogens is 274 g/mol. The Bertz CT molecular complexity index is 318. The van der Waals surface area contributed by atoms with Crippen LogP contribution in [0.4, 0.5) is 0 Å². The molecule has 2 fully saturated rings. The van der Waals surface area contributed by atoms with E-state index in [1.807, 2.05) is 0 Å². The highest BCUT2D eigenvalue weighted by Crippen LogP contribution is 2.38. The molecule has 0 aromatic rings. The zero-order valence-corrected chi connectivity index (χ0v) is 13.7. The van der Waals surface area contributed by atoms with E-state index in [1.165, 1.54) is 0 Å². The van der Waals surface area contributed by atoms with Gasteiger partial charge in [0.15, 0.2) is 5.79 Å². The first-order valence-corrected chi connectivity index (χ1v) is 9.47. The second kappa shape index (κ2) is 7.87. The first kappa shape index (κ1) is 16.4. The highest BCUT2D eigenvalue weighted by atomic mass is 32.2. The van der Waals surface area contributed by atoms with Crippen molar-refractivity contribution in [3.63, 3.8) is 0 Å². The molecule has 2 aliphatic rings. The molecule has 1 saturated heterocycles. The second-order valence-electron chi connectivity index (χ2n) is 5.89. The molecule has 1 spiro atoms. The van der Waals surface area contributed by atoms with Crippen LogP contribution in [0.2, 0.25) is 0 Å². The van der Waals surface area contributed by atoms with Gasteiger partial charge in [-0.1, -0.05) is 20.3 Å². The zero-order valence-electron chi connectivity index (χ0n) is 12.9. The van der Waals surface area contributed by atoms with Gasteiger partial charge in [-0.25, -0.2) is 0 Å². The topological polar surface area (TPSA) is 47.6 Å². The molecule has 0 amide bonds. The lowest BCUT2D eigenvalue weighted by Gasteiger charge is -2.41. The number of ether oxygens (including phenoxy) is 2. The van der Waals surface area contributed by atoms with Crippen molar-refractivity contribution in [3.8, 4) is 0 Å². The third-order valence-electron chi connectivity index (χ3n) is 4.30. The maximum Gasteiger partial charge on any atom is 0.169 e. The lowest BCUT2D eigenvalue weighted by Crippen LogP contribution is -2.53. The number of hydrogen-bond acceptors (Lipinski definition) is 4. The van der Waals surface area contributed by atoms with Gasteiger partial charge in [0.2, 0.25) is 0 Å². The van der Waals surface area contributed by atoms with Gasteiger partial charge in [-0.15, -0.1) is 0 Å². The lowest BCUT2D eigenvalue weighted by molar-refractivity contribution is -0.178. The largest absolute Gasteiger partial charge is 0.347 e. The van der Waals surface area contributed by atoms with Crippen molar-refractivity contribution in [2.45, 2.75) is 69.5 Å². The van der Waals surface area contributed by atoms with Crippen LogP contribution in [0, 0.1) is 0 Å². The van der Waals surface area contributed by atoms with Gasteiger partial charge in [-0.3, -0.25) is 4.21 Å². The van der Waals surface area contributed by atoms with Gasteiger partial charge in [-0.05, 0) is 25.8 Å². The summed E-state index contributed by atoms with van der Waals surface area (Å²) in [6.07, 6.45) is 5.97. The monoisotopic (exact) mass is 303 g/mol. The van der Waals surface area contributed by atoms with Crippen LogP contribution in [0.25, 0.3) is 0 Å². The summed E-state index contributed by atoms with van der Waals surface area (Å²) in [4.78, 5) is 0. The zero-order chi connectivity index (χ0) is 14.4. The van der Waals surface area contributed by atoms with Crippen LogP contribution in [0.5, 0.6) is 0 Å². The minimum atomic E-state index is -0.784. The minimum absolute atomic E-state index is 0.167. The Morgan fingerprint density at radius 1 is 1.25 bits per heavy atom. The molecule has 1 N–H and O–H groups in total. The fraction of sp³-hybridized carbons (Fsp3) is 1.00. The molecule has 4 nitrogen and oxygen atoms in total. The van der Waals surface area contributed by atoms with E-state index in [0.717, 1.165) is 50.8 Å². The van der Waals surface area contributed by atoms with Crippen molar-refractivity contribution in [2.24, 2.45) is 0 Å². The molecule has 0 aromatic heterocycles. The number of rotatable bonds is 7. The summed E-state index contributed by atoms with van der Waals surface area (Å²) in [5, 5.41) is 3.75. The summed E-state index contributed by atoms with van der Waals surface area (Å²) in [6, 6.07) is 0.353. The molecule has 0 bridgehead atoms. The van der Waals surface area contributed by atoms with Crippen molar-refractivity contribution in [3.05, 3.63) is 0 Å². The average Bonchev–Trinajstić information content (AvgIpc) is 2.91. The number of hydrogen-bond donors (Lipinski definition) is 1. The molecular formula is C15H29NO3S. The second-order valence-corrected chi connectivity index (χ2v) is 7.66. The van der Waals surface area contributed by atoms with Crippen molar-refractivity contribution in [2.75, 3.05) is 25.5 Å². The van der Waals surface area contributed by atoms with Gasteiger partial charge in [0.1, 0.15) is 0 Å². The van der Waals surface area contributed by atoms with E-state index >= 15 is 0 Å². The Morgan fingerprint density at radius 3 is 2.65 bits per heavy atom.